The van der Waals surface area contributed by atoms with Crippen molar-refractivity contribution in [2.45, 2.75) is 18.0 Å². The maximum absolute atomic E-state index is 14.9. The highest BCUT2D eigenvalue weighted by Gasteiger charge is 2.67. The van der Waals surface area contributed by atoms with Gasteiger partial charge >= 0.3 is 0 Å². The number of amides is 1. The highest BCUT2D eigenvalue weighted by atomic mass is 35.5. The third-order valence-electron chi connectivity index (χ3n) is 8.72. The molecule has 1 aliphatic carbocycles. The number of benzene rings is 1. The fraction of sp³-hybridized carbons (Fsp3) is 0.323. The van der Waals surface area contributed by atoms with E-state index < -0.39 is 15.6 Å². The van der Waals surface area contributed by atoms with E-state index in [9.17, 15) is 23.3 Å². The van der Waals surface area contributed by atoms with Crippen LogP contribution in [0.3, 0.4) is 0 Å². The third-order valence-corrected chi connectivity index (χ3v) is 10.9. The molecule has 6 rings (SSSR count). The van der Waals surface area contributed by atoms with Crippen LogP contribution in [0, 0.1) is 23.2 Å². The summed E-state index contributed by atoms with van der Waals surface area (Å²) in [5.41, 5.74) is 0.856. The van der Waals surface area contributed by atoms with E-state index in [2.05, 4.69) is 16.0 Å². The number of nitrogens with zero attached hydrogens (tertiary/aromatic N) is 6. The number of carbonyl (C=O) groups is 2. The van der Waals surface area contributed by atoms with Gasteiger partial charge in [-0.05, 0) is 66.1 Å². The Bertz CT molecular complexity index is 1680. The van der Waals surface area contributed by atoms with Crippen molar-refractivity contribution in [1.29, 1.82) is 5.26 Å². The van der Waals surface area contributed by atoms with E-state index in [0.717, 1.165) is 0 Å². The van der Waals surface area contributed by atoms with Crippen LogP contribution in [0.25, 0.3) is 0 Å². The lowest BCUT2D eigenvalue weighted by Crippen LogP contribution is -2.46. The molecule has 0 bridgehead atoms. The lowest BCUT2D eigenvalue weighted by atomic mass is 9.82. The normalized spacial score (nSPS) is 23.8. The summed E-state index contributed by atoms with van der Waals surface area (Å²) >= 11 is 5.75. The van der Waals surface area contributed by atoms with Crippen LogP contribution in [0.5, 0.6) is 0 Å². The number of halogens is 1. The van der Waals surface area contributed by atoms with E-state index in [1.807, 2.05) is 4.90 Å². The Morgan fingerprint density at radius 2 is 1.58 bits per heavy atom. The molecule has 0 radical (unpaired) electrons. The summed E-state index contributed by atoms with van der Waals surface area (Å²) in [7, 11) is -1.66. The highest BCUT2D eigenvalue weighted by Crippen LogP contribution is 2.56. The Hall–Kier alpha value is -4.11. The number of allylic oxidation sites excluding steroid dienone is 1. The molecule has 220 valence electrons. The number of alkyl halides is 1. The zero-order chi connectivity index (χ0) is 30.4. The lowest BCUT2D eigenvalue weighted by molar-refractivity contribution is -0.132. The molecule has 43 heavy (non-hydrogen) atoms. The number of ketones is 1. The Labute approximate surface area is 255 Å². The first-order valence-corrected chi connectivity index (χ1v) is 16.1. The standard InChI is InChI=1S/C31H29ClN6O4S/c1-36-28(17-27(39)22-5-3-21(18-33)4-6-22)38(29-25-19-37(20-26(25)29)43(41,42)16-2-11-32)30(40)31(36,23-7-12-34-13-8-23)24-9-14-35-15-10-24/h3-10,12-15,17,25-26,29H,2,11,16,19-20H2,1H3/t25-,26+,29?. The monoisotopic (exact) mass is 616 g/mol. The molecule has 1 saturated carbocycles. The molecule has 12 heteroatoms. The zero-order valence-corrected chi connectivity index (χ0v) is 24.9. The van der Waals surface area contributed by atoms with Crippen LogP contribution < -0.4 is 0 Å². The molecular formula is C31H29ClN6O4S. The number of nitriles is 1. The van der Waals surface area contributed by atoms with Gasteiger partial charge in [0.25, 0.3) is 5.91 Å². The second kappa shape index (κ2) is 11.2. The molecule has 2 aliphatic heterocycles. The van der Waals surface area contributed by atoms with Crippen LogP contribution in [-0.2, 0) is 20.4 Å². The number of likely N-dealkylation sites (N-methyl/N-ethyl adjacent to an activating group) is 1. The molecule has 2 saturated heterocycles. The van der Waals surface area contributed by atoms with Crippen molar-refractivity contribution in [2.24, 2.45) is 11.8 Å². The fourth-order valence-electron chi connectivity index (χ4n) is 6.54. The van der Waals surface area contributed by atoms with Crippen LogP contribution in [0.15, 0.2) is 85.2 Å². The van der Waals surface area contributed by atoms with E-state index in [1.165, 1.54) is 10.4 Å². The third kappa shape index (κ3) is 4.79. The summed E-state index contributed by atoms with van der Waals surface area (Å²) < 4.78 is 27.3. The first-order valence-electron chi connectivity index (χ1n) is 13.9. The largest absolute Gasteiger partial charge is 0.339 e. The van der Waals surface area contributed by atoms with Crippen LogP contribution >= 0.6 is 11.6 Å². The highest BCUT2D eigenvalue weighted by molar-refractivity contribution is 7.89. The van der Waals surface area contributed by atoms with Gasteiger partial charge in [0.2, 0.25) is 10.0 Å². The maximum atomic E-state index is 14.9. The Morgan fingerprint density at radius 3 is 2.09 bits per heavy atom. The summed E-state index contributed by atoms with van der Waals surface area (Å²) in [4.78, 5) is 40.3. The van der Waals surface area contributed by atoms with Gasteiger partial charge in [-0.15, -0.1) is 11.6 Å². The predicted octanol–water partition coefficient (Wildman–Crippen LogP) is 2.98. The average molecular weight is 617 g/mol. The average Bonchev–Trinajstić information content (AvgIpc) is 3.39. The van der Waals surface area contributed by atoms with Gasteiger partial charge in [-0.1, -0.05) is 0 Å². The number of piperidine rings is 1. The van der Waals surface area contributed by atoms with Crippen LogP contribution in [0.1, 0.15) is 33.5 Å². The molecule has 3 aliphatic rings. The molecule has 2 aromatic heterocycles. The quantitative estimate of drug-likeness (QED) is 0.204. The van der Waals surface area contributed by atoms with Gasteiger partial charge in [0.05, 0.1) is 17.4 Å². The van der Waals surface area contributed by atoms with Crippen molar-refractivity contribution in [2.75, 3.05) is 31.8 Å². The molecule has 3 atom stereocenters. The topological polar surface area (TPSA) is 128 Å². The van der Waals surface area contributed by atoms with Gasteiger partial charge in [-0.25, -0.2) is 12.7 Å². The first-order chi connectivity index (χ1) is 20.7. The number of carbonyl (C=O) groups excluding carboxylic acids is 2. The second-order valence-corrected chi connectivity index (χ2v) is 13.4. The SMILES string of the molecule is CN1C(=CC(=O)c2ccc(C#N)cc2)N(C2[C@H]3CN(S(=O)(=O)CCCCl)C[C@@H]23)C(=O)C1(c1ccncc1)c1ccncc1. The fourth-order valence-corrected chi connectivity index (χ4v) is 8.40. The van der Waals surface area contributed by atoms with Crippen LogP contribution in [0.2, 0.25) is 0 Å². The van der Waals surface area contributed by atoms with Gasteiger partial charge in [-0.2, -0.15) is 5.26 Å². The van der Waals surface area contributed by atoms with Crippen LogP contribution in [0.4, 0.5) is 0 Å². The summed E-state index contributed by atoms with van der Waals surface area (Å²) in [5.74, 6) is -0.00947. The molecule has 3 fully saturated rings. The van der Waals surface area contributed by atoms with Crippen molar-refractivity contribution < 1.29 is 18.0 Å². The minimum absolute atomic E-state index is 0.0105. The molecule has 10 nitrogen and oxygen atoms in total. The number of rotatable bonds is 9. The summed E-state index contributed by atoms with van der Waals surface area (Å²) in [6.45, 7) is 0.615. The zero-order valence-electron chi connectivity index (χ0n) is 23.4. The molecule has 1 unspecified atom stereocenters. The Morgan fingerprint density at radius 1 is 1.02 bits per heavy atom. The van der Waals surface area contributed by atoms with Crippen molar-refractivity contribution in [3.8, 4) is 6.07 Å². The minimum Gasteiger partial charge on any atom is -0.339 e. The number of aromatic nitrogens is 2. The molecule has 0 N–H and O–H groups in total. The van der Waals surface area contributed by atoms with Crippen molar-refractivity contribution >= 4 is 33.3 Å². The number of pyridine rings is 2. The lowest BCUT2D eigenvalue weighted by Gasteiger charge is -2.35. The van der Waals surface area contributed by atoms with Gasteiger partial charge in [0.1, 0.15) is 5.82 Å². The van der Waals surface area contributed by atoms with Gasteiger partial charge < -0.3 is 4.90 Å². The van der Waals surface area contributed by atoms with Crippen molar-refractivity contribution in [1.82, 2.24) is 24.1 Å². The van der Waals surface area contributed by atoms with E-state index >= 15 is 0 Å². The summed E-state index contributed by atoms with van der Waals surface area (Å²) in [6.07, 6.45) is 8.35. The molecule has 0 spiro atoms. The van der Waals surface area contributed by atoms with E-state index in [0.29, 0.717) is 47.6 Å². The second-order valence-electron chi connectivity index (χ2n) is 11.0. The predicted molar refractivity (Wildman–Crippen MR) is 159 cm³/mol. The Kier molecular flexibility index (Phi) is 7.54. The molecule has 1 aromatic carbocycles. The van der Waals surface area contributed by atoms with Gasteiger partial charge in [0, 0.05) is 80.3 Å². The molecule has 3 aromatic rings. The number of hydrogen-bond donors (Lipinski definition) is 0. The van der Waals surface area contributed by atoms with E-state index in [-0.39, 0.29) is 41.2 Å². The number of hydrogen-bond acceptors (Lipinski definition) is 8. The molecule has 1 amide bonds. The van der Waals surface area contributed by atoms with Crippen molar-refractivity contribution in [3.63, 3.8) is 0 Å². The summed E-state index contributed by atoms with van der Waals surface area (Å²) in [6, 6.07) is 15.3. The van der Waals surface area contributed by atoms with E-state index in [1.54, 1.807) is 85.3 Å². The smallest absolute Gasteiger partial charge is 0.263 e. The first kappa shape index (κ1) is 29.0. The van der Waals surface area contributed by atoms with Crippen molar-refractivity contribution in [3.05, 3.63) is 107 Å². The molecule has 4 heterocycles. The van der Waals surface area contributed by atoms with Gasteiger partial charge in [0.15, 0.2) is 11.3 Å². The maximum Gasteiger partial charge on any atom is 0.263 e. The Balaban J connectivity index is 1.43. The number of fused-ring (bicyclic) bond motifs is 1. The van der Waals surface area contributed by atoms with Crippen LogP contribution in [-0.4, -0.2) is 82.0 Å². The van der Waals surface area contributed by atoms with Gasteiger partial charge in [-0.3, -0.25) is 24.5 Å². The number of sulfonamides is 1. The minimum atomic E-state index is -3.45. The van der Waals surface area contributed by atoms with E-state index in [4.69, 9.17) is 11.6 Å². The summed E-state index contributed by atoms with van der Waals surface area (Å²) in [5, 5.41) is 9.17. The molecular weight excluding hydrogens is 588 g/mol.